The topological polar surface area (TPSA) is 94.3 Å². The van der Waals surface area contributed by atoms with E-state index in [2.05, 4.69) is 15.3 Å². The van der Waals surface area contributed by atoms with Crippen molar-refractivity contribution in [1.29, 1.82) is 0 Å². The first kappa shape index (κ1) is 21.9. The third kappa shape index (κ3) is 5.61. The van der Waals surface area contributed by atoms with Gasteiger partial charge in [0.1, 0.15) is 10.6 Å². The lowest BCUT2D eigenvalue weighted by atomic mass is 10.1. The Morgan fingerprint density at radius 1 is 1.20 bits per heavy atom. The van der Waals surface area contributed by atoms with Gasteiger partial charge in [0.05, 0.1) is 12.0 Å². The number of aryl methyl sites for hydroxylation is 1. The van der Waals surface area contributed by atoms with E-state index >= 15 is 0 Å². The van der Waals surface area contributed by atoms with E-state index < -0.39 is 5.97 Å². The minimum atomic E-state index is -0.643. The second-order valence-corrected chi connectivity index (χ2v) is 7.53. The van der Waals surface area contributed by atoms with Crippen molar-refractivity contribution in [3.05, 3.63) is 64.5 Å². The molecule has 0 spiro atoms. The van der Waals surface area contributed by atoms with Gasteiger partial charge in [0.2, 0.25) is 0 Å². The number of rotatable bonds is 8. The van der Waals surface area contributed by atoms with Crippen molar-refractivity contribution in [2.75, 3.05) is 19.4 Å². The third-order valence-electron chi connectivity index (χ3n) is 4.18. The predicted octanol–water partition coefficient (Wildman–Crippen LogP) is 3.94. The molecule has 0 saturated carbocycles. The smallest absolute Gasteiger partial charge is 0.343 e. The van der Waals surface area contributed by atoms with E-state index in [1.54, 1.807) is 37.4 Å². The zero-order chi connectivity index (χ0) is 21.5. The lowest BCUT2D eigenvalue weighted by Crippen LogP contribution is -2.30. The maximum Gasteiger partial charge on any atom is 0.343 e. The number of nitrogens with one attached hydrogen (secondary N) is 1. The monoisotopic (exact) mass is 445 g/mol. The molecular weight excluding hydrogens is 426 g/mol. The highest BCUT2D eigenvalue weighted by atomic mass is 35.5. The highest BCUT2D eigenvalue weighted by molar-refractivity contribution is 7.98. The van der Waals surface area contributed by atoms with Crippen LogP contribution < -0.4 is 5.32 Å². The van der Waals surface area contributed by atoms with E-state index in [0.29, 0.717) is 40.3 Å². The summed E-state index contributed by atoms with van der Waals surface area (Å²) in [5, 5.41) is 3.85. The average molecular weight is 446 g/mol. The van der Waals surface area contributed by atoms with Gasteiger partial charge in [0.25, 0.3) is 5.91 Å². The van der Waals surface area contributed by atoms with Crippen LogP contribution in [0.3, 0.4) is 0 Å². The molecule has 0 unspecified atom stereocenters. The summed E-state index contributed by atoms with van der Waals surface area (Å²) in [6.45, 7) is 1.73. The van der Waals surface area contributed by atoms with Crippen LogP contribution in [0.15, 0.2) is 52.1 Å². The quantitative estimate of drug-likeness (QED) is 0.319. The van der Waals surface area contributed by atoms with Crippen LogP contribution in [-0.2, 0) is 16.0 Å². The molecule has 0 fully saturated rings. The molecule has 0 aliphatic carbocycles. The first-order valence-electron chi connectivity index (χ1n) is 9.12. The molecule has 1 N–H and O–H groups in total. The number of amides is 1. The molecule has 30 heavy (non-hydrogen) atoms. The number of thioether (sulfide) groups is 1. The summed E-state index contributed by atoms with van der Waals surface area (Å²) < 4.78 is 10.5. The van der Waals surface area contributed by atoms with Gasteiger partial charge in [0, 0.05) is 11.6 Å². The van der Waals surface area contributed by atoms with E-state index in [1.165, 1.54) is 18.0 Å². The van der Waals surface area contributed by atoms with E-state index in [9.17, 15) is 9.59 Å². The van der Waals surface area contributed by atoms with Crippen LogP contribution in [0, 0.1) is 6.92 Å². The highest BCUT2D eigenvalue weighted by Gasteiger charge is 2.21. The molecule has 2 aromatic heterocycles. The van der Waals surface area contributed by atoms with Gasteiger partial charge in [-0.05, 0) is 49.4 Å². The number of nitrogens with zero attached hydrogens (tertiary/aromatic N) is 2. The fraction of sp³-hybridized carbons (Fsp3) is 0.238. The second kappa shape index (κ2) is 10.3. The predicted molar refractivity (Wildman–Crippen MR) is 115 cm³/mol. The van der Waals surface area contributed by atoms with Gasteiger partial charge in [0.15, 0.2) is 18.2 Å². The van der Waals surface area contributed by atoms with Crippen LogP contribution >= 0.6 is 23.4 Å². The number of benzene rings is 1. The van der Waals surface area contributed by atoms with Crippen molar-refractivity contribution in [2.24, 2.45) is 0 Å². The lowest BCUT2D eigenvalue weighted by molar-refractivity contribution is -0.124. The zero-order valence-corrected chi connectivity index (χ0v) is 18.0. The summed E-state index contributed by atoms with van der Waals surface area (Å²) in [7, 11) is 0. The van der Waals surface area contributed by atoms with Crippen molar-refractivity contribution in [3.63, 3.8) is 0 Å². The Hall–Kier alpha value is -2.84. The number of carbonyl (C=O) groups is 2. The van der Waals surface area contributed by atoms with Gasteiger partial charge in [-0.15, -0.1) is 11.8 Å². The largest absolute Gasteiger partial charge is 0.461 e. The van der Waals surface area contributed by atoms with Crippen LogP contribution in [0.4, 0.5) is 0 Å². The summed E-state index contributed by atoms with van der Waals surface area (Å²) in [5.41, 5.74) is 1.74. The van der Waals surface area contributed by atoms with Crippen molar-refractivity contribution in [3.8, 4) is 11.6 Å². The van der Waals surface area contributed by atoms with Crippen LogP contribution in [-0.4, -0.2) is 41.3 Å². The average Bonchev–Trinajstić information content (AvgIpc) is 3.28. The highest BCUT2D eigenvalue weighted by Crippen LogP contribution is 2.25. The van der Waals surface area contributed by atoms with Gasteiger partial charge in [-0.3, -0.25) is 4.79 Å². The number of halogens is 1. The second-order valence-electron chi connectivity index (χ2n) is 6.30. The number of furan rings is 1. The maximum atomic E-state index is 12.5. The number of aromatic nitrogens is 2. The molecule has 2 heterocycles. The lowest BCUT2D eigenvalue weighted by Gasteiger charge is -2.11. The Balaban J connectivity index is 1.56. The molecule has 0 saturated heterocycles. The van der Waals surface area contributed by atoms with Gasteiger partial charge >= 0.3 is 5.97 Å². The summed E-state index contributed by atoms with van der Waals surface area (Å²) in [5.74, 6) is -0.129. The molecule has 7 nitrogen and oxygen atoms in total. The summed E-state index contributed by atoms with van der Waals surface area (Å²) >= 11 is 7.14. The van der Waals surface area contributed by atoms with Gasteiger partial charge < -0.3 is 14.5 Å². The molecule has 0 aliphatic heterocycles. The Bertz CT molecular complexity index is 1020. The van der Waals surface area contributed by atoms with Gasteiger partial charge in [-0.1, -0.05) is 23.7 Å². The van der Waals surface area contributed by atoms with Crippen molar-refractivity contribution in [1.82, 2.24) is 15.3 Å². The molecule has 1 aromatic carbocycles. The van der Waals surface area contributed by atoms with Crippen LogP contribution in [0.25, 0.3) is 11.6 Å². The Labute approximate surface area is 183 Å². The van der Waals surface area contributed by atoms with Crippen molar-refractivity contribution < 1.29 is 18.7 Å². The number of hydrogen-bond acceptors (Lipinski definition) is 7. The van der Waals surface area contributed by atoms with Crippen LogP contribution in [0.1, 0.15) is 21.6 Å². The van der Waals surface area contributed by atoms with Gasteiger partial charge in [-0.25, -0.2) is 14.8 Å². The Morgan fingerprint density at radius 3 is 2.63 bits per heavy atom. The molecule has 0 aliphatic rings. The van der Waals surface area contributed by atoms with Crippen LogP contribution in [0.5, 0.6) is 0 Å². The maximum absolute atomic E-state index is 12.5. The van der Waals surface area contributed by atoms with E-state index in [0.717, 1.165) is 5.56 Å². The molecule has 9 heteroatoms. The molecule has 0 bridgehead atoms. The normalized spacial score (nSPS) is 10.6. The third-order valence-corrected chi connectivity index (χ3v) is 5.11. The van der Waals surface area contributed by atoms with E-state index in [-0.39, 0.29) is 18.1 Å². The van der Waals surface area contributed by atoms with Crippen LogP contribution in [0.2, 0.25) is 5.02 Å². The first-order chi connectivity index (χ1) is 14.5. The molecule has 3 rings (SSSR count). The van der Waals surface area contributed by atoms with Crippen molar-refractivity contribution in [2.45, 2.75) is 18.4 Å². The van der Waals surface area contributed by atoms with Crippen molar-refractivity contribution >= 4 is 35.2 Å². The fourth-order valence-electron chi connectivity index (χ4n) is 2.70. The summed E-state index contributed by atoms with van der Waals surface area (Å²) in [4.78, 5) is 33.3. The Kier molecular flexibility index (Phi) is 7.48. The molecule has 156 valence electrons. The first-order valence-corrected chi connectivity index (χ1v) is 10.7. The number of carbonyl (C=O) groups excluding carboxylic acids is 2. The van der Waals surface area contributed by atoms with E-state index in [1.807, 2.05) is 12.1 Å². The SMILES string of the molecule is CSc1nc(-c2ccco2)nc(C)c1C(=O)OCC(=O)NCCc1ccc(Cl)cc1. The molecule has 3 aromatic rings. The molecular formula is C21H20ClN3O4S. The minimum Gasteiger partial charge on any atom is -0.461 e. The number of hydrogen-bond donors (Lipinski definition) is 1. The molecule has 0 radical (unpaired) electrons. The molecule has 0 atom stereocenters. The zero-order valence-electron chi connectivity index (χ0n) is 16.5. The molecule has 1 amide bonds. The summed E-state index contributed by atoms with van der Waals surface area (Å²) in [6.07, 6.45) is 3.98. The standard InChI is InChI=1S/C21H20ClN3O4S/c1-13-18(20(30-2)25-19(24-13)16-4-3-11-28-16)21(27)29-12-17(26)23-10-9-14-5-7-15(22)8-6-14/h3-8,11H,9-10,12H2,1-2H3,(H,23,26). The minimum absolute atomic E-state index is 0.242. The fourth-order valence-corrected chi connectivity index (χ4v) is 3.44. The van der Waals surface area contributed by atoms with E-state index in [4.69, 9.17) is 20.8 Å². The Morgan fingerprint density at radius 2 is 1.97 bits per heavy atom. The van der Waals surface area contributed by atoms with Gasteiger partial charge in [-0.2, -0.15) is 0 Å². The summed E-state index contributed by atoms with van der Waals surface area (Å²) in [6, 6.07) is 10.9. The number of ether oxygens (including phenoxy) is 1. The number of esters is 1.